The van der Waals surface area contributed by atoms with Crippen LogP contribution in [0.2, 0.25) is 0 Å². The molecule has 6 nitrogen and oxygen atoms in total. The third-order valence-corrected chi connectivity index (χ3v) is 5.95. The Labute approximate surface area is 183 Å². The number of pyridine rings is 1. The zero-order valence-electron chi connectivity index (χ0n) is 16.6. The van der Waals surface area contributed by atoms with E-state index in [0.717, 1.165) is 39.0 Å². The van der Waals surface area contributed by atoms with Gasteiger partial charge in [-0.25, -0.2) is 5.01 Å². The van der Waals surface area contributed by atoms with Gasteiger partial charge in [0.2, 0.25) is 6.23 Å². The number of ether oxygens (including phenoxy) is 3. The summed E-state index contributed by atoms with van der Waals surface area (Å²) in [6.07, 6.45) is 4.01. The molecule has 0 unspecified atom stereocenters. The fourth-order valence-corrected chi connectivity index (χ4v) is 4.38. The van der Waals surface area contributed by atoms with E-state index >= 15 is 0 Å². The highest BCUT2D eigenvalue weighted by Gasteiger charge is 2.41. The molecule has 2 aromatic carbocycles. The van der Waals surface area contributed by atoms with Crippen LogP contribution in [0.1, 0.15) is 35.4 Å². The minimum absolute atomic E-state index is 0.0764. The van der Waals surface area contributed by atoms with Gasteiger partial charge in [0.15, 0.2) is 11.5 Å². The Morgan fingerprint density at radius 3 is 2.57 bits per heavy atom. The lowest BCUT2D eigenvalue weighted by Crippen LogP contribution is -2.33. The second kappa shape index (κ2) is 7.65. The van der Waals surface area contributed by atoms with Gasteiger partial charge < -0.3 is 14.2 Å². The molecule has 0 saturated carbocycles. The van der Waals surface area contributed by atoms with Crippen LogP contribution in [0.25, 0.3) is 0 Å². The number of fused-ring (bicyclic) bond motifs is 3. The lowest BCUT2D eigenvalue weighted by molar-refractivity contribution is -0.0191. The van der Waals surface area contributed by atoms with E-state index in [0.29, 0.717) is 11.5 Å². The predicted octanol–water partition coefficient (Wildman–Crippen LogP) is 5.10. The topological polar surface area (TPSA) is 56.2 Å². The van der Waals surface area contributed by atoms with E-state index in [-0.39, 0.29) is 12.3 Å². The molecule has 0 fully saturated rings. The van der Waals surface area contributed by atoms with Gasteiger partial charge in [0.25, 0.3) is 0 Å². The largest absolute Gasteiger partial charge is 0.493 e. The Kier molecular flexibility index (Phi) is 4.83. The number of aromatic nitrogens is 1. The minimum Gasteiger partial charge on any atom is -0.493 e. The van der Waals surface area contributed by atoms with Crippen molar-refractivity contribution in [3.8, 4) is 17.2 Å². The number of hydrogen-bond donors (Lipinski definition) is 0. The van der Waals surface area contributed by atoms with Crippen molar-refractivity contribution in [2.75, 3.05) is 14.2 Å². The van der Waals surface area contributed by atoms with Crippen molar-refractivity contribution in [3.63, 3.8) is 0 Å². The van der Waals surface area contributed by atoms with Gasteiger partial charge >= 0.3 is 0 Å². The summed E-state index contributed by atoms with van der Waals surface area (Å²) < 4.78 is 18.3. The smallest absolute Gasteiger partial charge is 0.213 e. The van der Waals surface area contributed by atoms with E-state index in [1.165, 1.54) is 0 Å². The van der Waals surface area contributed by atoms with Gasteiger partial charge in [-0.05, 0) is 48.5 Å². The van der Waals surface area contributed by atoms with E-state index in [4.69, 9.17) is 19.3 Å². The van der Waals surface area contributed by atoms with Gasteiger partial charge in [-0.1, -0.05) is 15.9 Å². The van der Waals surface area contributed by atoms with E-state index in [2.05, 4.69) is 32.0 Å². The summed E-state index contributed by atoms with van der Waals surface area (Å²) in [7, 11) is 3.28. The van der Waals surface area contributed by atoms with Crippen molar-refractivity contribution >= 4 is 21.6 Å². The van der Waals surface area contributed by atoms with Crippen molar-refractivity contribution in [1.29, 1.82) is 0 Å². The molecule has 0 saturated heterocycles. The van der Waals surface area contributed by atoms with Gasteiger partial charge in [0.05, 0.1) is 26.0 Å². The molecule has 5 rings (SSSR count). The molecule has 1 aromatic heterocycles. The van der Waals surface area contributed by atoms with Crippen LogP contribution in [-0.4, -0.2) is 29.9 Å². The second-order valence-electron chi connectivity index (χ2n) is 7.15. The van der Waals surface area contributed by atoms with E-state index < -0.39 is 0 Å². The van der Waals surface area contributed by atoms with Gasteiger partial charge in [-0.2, -0.15) is 5.10 Å². The van der Waals surface area contributed by atoms with Crippen molar-refractivity contribution < 1.29 is 14.2 Å². The molecule has 30 heavy (non-hydrogen) atoms. The number of halogens is 1. The first-order valence-corrected chi connectivity index (χ1v) is 10.4. The number of methoxy groups -OCH3 is 2. The normalized spacial score (nSPS) is 19.4. The summed E-state index contributed by atoms with van der Waals surface area (Å²) in [5.41, 5.74) is 4.12. The molecular formula is C23H20BrN3O3. The van der Waals surface area contributed by atoms with Gasteiger partial charge in [-0.3, -0.25) is 4.98 Å². The molecule has 0 radical (unpaired) electrons. The zero-order chi connectivity index (χ0) is 20.7. The Morgan fingerprint density at radius 2 is 1.80 bits per heavy atom. The zero-order valence-corrected chi connectivity index (χ0v) is 18.2. The molecular weight excluding hydrogens is 446 g/mol. The summed E-state index contributed by atoms with van der Waals surface area (Å²) in [4.78, 5) is 4.14. The fourth-order valence-electron chi connectivity index (χ4n) is 4.00. The van der Waals surface area contributed by atoms with Gasteiger partial charge in [0, 0.05) is 40.0 Å². The van der Waals surface area contributed by atoms with Crippen LogP contribution in [0.3, 0.4) is 0 Å². The van der Waals surface area contributed by atoms with E-state index in [1.807, 2.05) is 42.5 Å². The molecule has 152 valence electrons. The first kappa shape index (κ1) is 18.9. The Bertz CT molecular complexity index is 1120. The van der Waals surface area contributed by atoms with Crippen LogP contribution in [0.4, 0.5) is 0 Å². The highest BCUT2D eigenvalue weighted by Crippen LogP contribution is 2.48. The summed E-state index contributed by atoms with van der Waals surface area (Å²) in [5.74, 6) is 2.27. The molecule has 2 aliphatic heterocycles. The average Bonchev–Trinajstić information content (AvgIpc) is 3.24. The van der Waals surface area contributed by atoms with Crippen LogP contribution in [0.15, 0.2) is 70.5 Å². The third-order valence-electron chi connectivity index (χ3n) is 5.46. The Balaban J connectivity index is 1.58. The summed E-state index contributed by atoms with van der Waals surface area (Å²) in [6, 6.07) is 16.0. The predicted molar refractivity (Wildman–Crippen MR) is 117 cm³/mol. The molecule has 0 aliphatic carbocycles. The maximum absolute atomic E-state index is 6.38. The summed E-state index contributed by atoms with van der Waals surface area (Å²) >= 11 is 3.59. The minimum atomic E-state index is -0.315. The lowest BCUT2D eigenvalue weighted by Gasteiger charge is -2.38. The van der Waals surface area contributed by atoms with Crippen LogP contribution in [-0.2, 0) is 0 Å². The summed E-state index contributed by atoms with van der Waals surface area (Å²) in [5, 5.41) is 7.04. The molecule has 0 N–H and O–H groups in total. The lowest BCUT2D eigenvalue weighted by atomic mass is 9.96. The fraction of sp³-hybridized carbons (Fsp3) is 0.217. The standard InChI is InChI=1S/C23H20BrN3O3/c1-28-21-5-3-15(11-22(21)29-2)18-13-19-17-12-16(24)4-6-20(17)30-23(27(19)26-18)14-7-9-25-10-8-14/h3-12,19,23H,13H2,1-2H3/t19-,23+/m0/s1. The molecule has 2 aliphatic rings. The molecule has 3 aromatic rings. The monoisotopic (exact) mass is 465 g/mol. The van der Waals surface area contributed by atoms with Crippen LogP contribution >= 0.6 is 15.9 Å². The highest BCUT2D eigenvalue weighted by molar-refractivity contribution is 9.10. The Hall–Kier alpha value is -3.06. The van der Waals surface area contributed by atoms with Crippen molar-refractivity contribution in [3.05, 3.63) is 82.1 Å². The second-order valence-corrected chi connectivity index (χ2v) is 8.06. The van der Waals surface area contributed by atoms with Crippen LogP contribution in [0, 0.1) is 0 Å². The van der Waals surface area contributed by atoms with Gasteiger partial charge in [0.1, 0.15) is 5.75 Å². The molecule has 0 bridgehead atoms. The van der Waals surface area contributed by atoms with Crippen molar-refractivity contribution in [2.45, 2.75) is 18.7 Å². The third kappa shape index (κ3) is 3.19. The first-order valence-electron chi connectivity index (χ1n) is 9.62. The highest BCUT2D eigenvalue weighted by atomic mass is 79.9. The maximum Gasteiger partial charge on any atom is 0.213 e. The number of benzene rings is 2. The number of hydrazone groups is 1. The number of hydrogen-bond acceptors (Lipinski definition) is 6. The van der Waals surface area contributed by atoms with E-state index in [1.54, 1.807) is 26.6 Å². The quantitative estimate of drug-likeness (QED) is 0.536. The first-order chi connectivity index (χ1) is 14.7. The molecule has 7 heteroatoms. The SMILES string of the molecule is COc1ccc(C2=NN3[C@@H](c4ccncc4)Oc4ccc(Br)cc4[C@@H]3C2)cc1OC. The molecule has 0 spiro atoms. The maximum atomic E-state index is 6.38. The van der Waals surface area contributed by atoms with Crippen LogP contribution in [0.5, 0.6) is 17.2 Å². The van der Waals surface area contributed by atoms with E-state index in [9.17, 15) is 0 Å². The molecule has 2 atom stereocenters. The molecule has 0 amide bonds. The average molecular weight is 466 g/mol. The van der Waals surface area contributed by atoms with Crippen LogP contribution < -0.4 is 14.2 Å². The summed E-state index contributed by atoms with van der Waals surface area (Å²) in [6.45, 7) is 0. The Morgan fingerprint density at radius 1 is 1.00 bits per heavy atom. The van der Waals surface area contributed by atoms with Gasteiger partial charge in [-0.15, -0.1) is 0 Å². The van der Waals surface area contributed by atoms with Crippen molar-refractivity contribution in [2.24, 2.45) is 5.10 Å². The number of rotatable bonds is 4. The number of nitrogens with zero attached hydrogens (tertiary/aromatic N) is 3. The molecule has 3 heterocycles. The van der Waals surface area contributed by atoms with Crippen molar-refractivity contribution in [1.82, 2.24) is 9.99 Å².